The maximum atomic E-state index is 11.9. The Hall–Kier alpha value is -1.96. The molecule has 2 amide bonds. The van der Waals surface area contributed by atoms with Crippen molar-refractivity contribution in [2.75, 3.05) is 19.5 Å². The number of aromatic amines is 1. The van der Waals surface area contributed by atoms with Gasteiger partial charge in [-0.3, -0.25) is 14.6 Å². The summed E-state index contributed by atoms with van der Waals surface area (Å²) < 4.78 is 9.66. The van der Waals surface area contributed by atoms with Crippen molar-refractivity contribution in [2.24, 2.45) is 7.05 Å². The average molecular weight is 646 g/mol. The molecule has 32 heavy (non-hydrogen) atoms. The number of nitrogens with zero attached hydrogens (tertiary/aromatic N) is 4. The van der Waals surface area contributed by atoms with E-state index in [1.807, 2.05) is 13.8 Å². The predicted molar refractivity (Wildman–Crippen MR) is 127 cm³/mol. The van der Waals surface area contributed by atoms with Crippen LogP contribution in [0.2, 0.25) is 7.96 Å². The summed E-state index contributed by atoms with van der Waals surface area (Å²) in [6, 6.07) is 3.44. The van der Waals surface area contributed by atoms with Gasteiger partial charge in [-0.15, -0.1) is 0 Å². The minimum atomic E-state index is -0.875. The minimum absolute atomic E-state index is 0.00522. The molecule has 10 nitrogen and oxygen atoms in total. The Morgan fingerprint density at radius 2 is 2.06 bits per heavy atom. The molecule has 2 heterocycles. The first kappa shape index (κ1) is 30.0. The molecule has 0 unspecified atom stereocenters. The standard InChI is InChI=1S/C10H13N5O2.C5H11NO2.C4H9.C2H5.Pb/c1-15-8(5-7(14-15)6-17-2)10(16)12-9-3-4-11-13-9;1-4(2)6(3)5(7)8;1-3-4-2;1-2;/h3-5H,6H2,1-2H3,(H2,11,12,13,16);4H,1-3H3,(H,7,8);1,3-4H2,2H3;1H2,2H3;. The number of ether oxygens (including phenoxy) is 1. The number of nitrogens with one attached hydrogen (secondary N) is 2. The summed E-state index contributed by atoms with van der Waals surface area (Å²) in [6.07, 6.45) is 3.61. The third kappa shape index (κ3) is 12.8. The third-order valence-corrected chi connectivity index (χ3v) is 8.93. The molecule has 0 aliphatic rings. The molecule has 0 saturated heterocycles. The van der Waals surface area contributed by atoms with E-state index in [-0.39, 0.29) is 36.2 Å². The zero-order valence-electron chi connectivity index (χ0n) is 20.3. The molecule has 0 fully saturated rings. The van der Waals surface area contributed by atoms with Crippen LogP contribution < -0.4 is 5.32 Å². The van der Waals surface area contributed by atoms with Crippen LogP contribution >= 0.6 is 0 Å². The Bertz CT molecular complexity index is 760. The maximum absolute atomic E-state index is 11.9. The molecule has 0 aliphatic carbocycles. The Morgan fingerprint density at radius 3 is 2.50 bits per heavy atom. The van der Waals surface area contributed by atoms with Crippen LogP contribution in [0.3, 0.4) is 0 Å². The zero-order chi connectivity index (χ0) is 24.5. The predicted octanol–water partition coefficient (Wildman–Crippen LogP) is 3.89. The summed E-state index contributed by atoms with van der Waals surface area (Å²) in [5, 5.41) is 21.5. The second kappa shape index (κ2) is 17.6. The van der Waals surface area contributed by atoms with E-state index in [9.17, 15) is 9.59 Å². The first-order valence-corrected chi connectivity index (χ1v) is 16.2. The van der Waals surface area contributed by atoms with Crippen LogP contribution in [0.5, 0.6) is 0 Å². The SMILES string of the molecule is CC(C)N(C)C(=O)O.CCC[CH2][Pb][CH2]C.COCc1cc(C(=O)Nc2ccn[nH]2)n(C)n1. The molecule has 2 rings (SSSR count). The van der Waals surface area contributed by atoms with Gasteiger partial charge >= 0.3 is 65.0 Å². The second-order valence-corrected chi connectivity index (χ2v) is 13.8. The molecule has 0 bridgehead atoms. The van der Waals surface area contributed by atoms with Gasteiger partial charge in [0, 0.05) is 33.3 Å². The number of anilines is 1. The summed E-state index contributed by atoms with van der Waals surface area (Å²) in [4.78, 5) is 23.2. The van der Waals surface area contributed by atoms with Crippen molar-refractivity contribution in [3.05, 3.63) is 29.7 Å². The first-order valence-electron chi connectivity index (χ1n) is 10.7. The summed E-state index contributed by atoms with van der Waals surface area (Å²) >= 11 is 0.00522. The molecular weight excluding hydrogens is 607 g/mol. The molecule has 11 heteroatoms. The van der Waals surface area contributed by atoms with E-state index in [0.29, 0.717) is 23.8 Å². The van der Waals surface area contributed by atoms with E-state index in [1.165, 1.54) is 22.4 Å². The van der Waals surface area contributed by atoms with Gasteiger partial charge in [-0.1, -0.05) is 0 Å². The number of carbonyl (C=O) groups excluding carboxylic acids is 1. The van der Waals surface area contributed by atoms with Crippen molar-refractivity contribution in [1.29, 1.82) is 0 Å². The van der Waals surface area contributed by atoms with Gasteiger partial charge in [-0.05, 0) is 19.9 Å². The molecule has 0 aliphatic heterocycles. The molecule has 3 N–H and O–H groups in total. The summed E-state index contributed by atoms with van der Waals surface area (Å²) in [7, 11) is 4.84. The molecule has 2 radical (unpaired) electrons. The molecule has 180 valence electrons. The van der Waals surface area contributed by atoms with Gasteiger partial charge in [0.2, 0.25) is 0 Å². The zero-order valence-corrected chi connectivity index (χ0v) is 24.2. The van der Waals surface area contributed by atoms with Crippen molar-refractivity contribution in [1.82, 2.24) is 24.9 Å². The molecule has 2 aromatic heterocycles. The number of carbonyl (C=O) groups is 2. The van der Waals surface area contributed by atoms with Crippen LogP contribution in [0.1, 0.15) is 56.7 Å². The summed E-state index contributed by atoms with van der Waals surface area (Å²) in [5.41, 5.74) is 1.18. The number of H-pyrrole nitrogens is 1. The Morgan fingerprint density at radius 1 is 1.38 bits per heavy atom. The molecule has 0 spiro atoms. The largest absolute Gasteiger partial charge is 0.378 e. The van der Waals surface area contributed by atoms with Crippen LogP contribution in [-0.4, -0.2) is 86.4 Å². The van der Waals surface area contributed by atoms with E-state index >= 15 is 0 Å². The van der Waals surface area contributed by atoms with Crippen molar-refractivity contribution in [3.8, 4) is 0 Å². The molecular formula is C21H38N6O4Pb. The van der Waals surface area contributed by atoms with Gasteiger partial charge in [0.15, 0.2) is 0 Å². The number of hydrogen-bond donors (Lipinski definition) is 3. The normalized spacial score (nSPS) is 10.0. The monoisotopic (exact) mass is 646 g/mol. The fourth-order valence-electron chi connectivity index (χ4n) is 2.17. The first-order chi connectivity index (χ1) is 15.2. The van der Waals surface area contributed by atoms with E-state index in [1.54, 1.807) is 47.5 Å². The smallest absolute Gasteiger partial charge is 0.275 e. The van der Waals surface area contributed by atoms with Gasteiger partial charge in [0.1, 0.15) is 11.5 Å². The van der Waals surface area contributed by atoms with Crippen LogP contribution in [0, 0.1) is 0 Å². The number of carboxylic acid groups (broad SMARTS) is 1. The topological polar surface area (TPSA) is 125 Å². The Kier molecular flexibility index (Phi) is 16.5. The minimum Gasteiger partial charge on any atom is -0.378 e. The van der Waals surface area contributed by atoms with Gasteiger partial charge in [-0.25, -0.2) is 4.79 Å². The fourth-order valence-corrected chi connectivity index (χ4v) is 5.89. The van der Waals surface area contributed by atoms with E-state index in [0.717, 1.165) is 0 Å². The number of rotatable bonds is 9. The van der Waals surface area contributed by atoms with Gasteiger partial charge in [0.05, 0.1) is 18.5 Å². The van der Waals surface area contributed by atoms with Crippen LogP contribution in [-0.2, 0) is 18.4 Å². The molecule has 0 aromatic carbocycles. The van der Waals surface area contributed by atoms with Crippen molar-refractivity contribution in [2.45, 2.75) is 61.1 Å². The number of amides is 2. The number of aryl methyl sites for hydroxylation is 1. The third-order valence-electron chi connectivity index (χ3n) is 4.24. The van der Waals surface area contributed by atoms with Crippen LogP contribution in [0.25, 0.3) is 0 Å². The Labute approximate surface area is 203 Å². The van der Waals surface area contributed by atoms with E-state index < -0.39 is 6.09 Å². The van der Waals surface area contributed by atoms with E-state index in [2.05, 4.69) is 34.5 Å². The van der Waals surface area contributed by atoms with Crippen molar-refractivity contribution < 1.29 is 19.4 Å². The van der Waals surface area contributed by atoms with Gasteiger partial charge in [-0.2, -0.15) is 10.2 Å². The molecule has 2 aromatic rings. The number of aromatic nitrogens is 4. The van der Waals surface area contributed by atoms with Gasteiger partial charge in [0.25, 0.3) is 5.91 Å². The maximum Gasteiger partial charge on any atom is 0.275 e. The number of hydrogen-bond acceptors (Lipinski definition) is 5. The van der Waals surface area contributed by atoms with E-state index in [4.69, 9.17) is 9.84 Å². The number of methoxy groups -OCH3 is 1. The van der Waals surface area contributed by atoms with Crippen molar-refractivity contribution in [3.63, 3.8) is 0 Å². The second-order valence-electron chi connectivity index (χ2n) is 7.20. The Balaban J connectivity index is 0.000000537. The van der Waals surface area contributed by atoms with Crippen LogP contribution in [0.15, 0.2) is 18.3 Å². The molecule has 0 saturated carbocycles. The summed E-state index contributed by atoms with van der Waals surface area (Å²) in [5.74, 6) is 0.302. The summed E-state index contributed by atoms with van der Waals surface area (Å²) in [6.45, 7) is 8.64. The van der Waals surface area contributed by atoms with Crippen molar-refractivity contribution >= 4 is 42.1 Å². The average Bonchev–Trinajstić information content (AvgIpc) is 3.38. The fraction of sp³-hybridized carbons (Fsp3) is 0.619. The number of unbranched alkanes of at least 4 members (excludes halogenated alkanes) is 1. The van der Waals surface area contributed by atoms with Crippen LogP contribution in [0.4, 0.5) is 10.6 Å². The molecule has 0 atom stereocenters. The quantitative estimate of drug-likeness (QED) is 0.281. The van der Waals surface area contributed by atoms with Gasteiger partial charge < -0.3 is 20.1 Å².